The molecule has 0 bridgehead atoms. The third kappa shape index (κ3) is 5.54. The zero-order valence-corrected chi connectivity index (χ0v) is 20.0. The summed E-state index contributed by atoms with van der Waals surface area (Å²) in [6.07, 6.45) is 4.07. The Morgan fingerprint density at radius 1 is 0.861 bits per heavy atom. The summed E-state index contributed by atoms with van der Waals surface area (Å²) in [7, 11) is 0. The van der Waals surface area contributed by atoms with Crippen molar-refractivity contribution in [2.45, 2.75) is 13.3 Å². The van der Waals surface area contributed by atoms with E-state index in [9.17, 15) is 4.79 Å². The van der Waals surface area contributed by atoms with Gasteiger partial charge in [0.2, 0.25) is 11.9 Å². The highest BCUT2D eigenvalue weighted by Crippen LogP contribution is 2.19. The van der Waals surface area contributed by atoms with E-state index in [1.54, 1.807) is 18.3 Å². The van der Waals surface area contributed by atoms with E-state index in [1.807, 2.05) is 61.7 Å². The second-order valence-electron chi connectivity index (χ2n) is 8.27. The predicted molar refractivity (Wildman–Crippen MR) is 140 cm³/mol. The number of aromatic nitrogens is 5. The topological polar surface area (TPSA) is 112 Å². The van der Waals surface area contributed by atoms with Crippen molar-refractivity contribution in [2.75, 3.05) is 46.6 Å². The minimum Gasteiger partial charge on any atom is -0.353 e. The standard InChI is InChI=1S/C26H27N9O/c1-2-21-30-25(31-22-18-19(11-13-27-22)24(36)29-20-8-4-3-5-9-20)33-26(32-21)35-16-14-34(15-17-35)23-10-6-7-12-28-23/h3-13,18H,2,14-17H2,1H3,(H,29,36)(H,27,30,31,32,33). The molecule has 1 fully saturated rings. The maximum absolute atomic E-state index is 12.7. The van der Waals surface area contributed by atoms with Gasteiger partial charge in [0.25, 0.3) is 5.91 Å². The Balaban J connectivity index is 1.29. The normalized spacial score (nSPS) is 13.4. The molecule has 1 aliphatic rings. The summed E-state index contributed by atoms with van der Waals surface area (Å²) in [5.41, 5.74) is 1.21. The maximum Gasteiger partial charge on any atom is 0.255 e. The van der Waals surface area contributed by atoms with Gasteiger partial charge >= 0.3 is 0 Å². The van der Waals surface area contributed by atoms with Gasteiger partial charge in [-0.3, -0.25) is 4.79 Å². The van der Waals surface area contributed by atoms with E-state index >= 15 is 0 Å². The Bertz CT molecular complexity index is 1310. The van der Waals surface area contributed by atoms with Crippen LogP contribution in [0.5, 0.6) is 0 Å². The van der Waals surface area contributed by atoms with Crippen molar-refractivity contribution in [3.05, 3.63) is 84.4 Å². The smallest absolute Gasteiger partial charge is 0.255 e. The molecule has 4 heterocycles. The Kier molecular flexibility index (Phi) is 6.93. The Labute approximate surface area is 209 Å². The average Bonchev–Trinajstić information content (AvgIpc) is 2.94. The lowest BCUT2D eigenvalue weighted by molar-refractivity contribution is 0.102. The lowest BCUT2D eigenvalue weighted by Gasteiger charge is -2.35. The van der Waals surface area contributed by atoms with Crippen LogP contribution < -0.4 is 20.4 Å². The number of carbonyl (C=O) groups excluding carboxylic acids is 1. The number of amides is 1. The monoisotopic (exact) mass is 481 g/mol. The van der Waals surface area contributed by atoms with Crippen molar-refractivity contribution in [3.8, 4) is 0 Å². The first-order chi connectivity index (χ1) is 17.7. The fourth-order valence-electron chi connectivity index (χ4n) is 3.92. The number of pyridine rings is 2. The van der Waals surface area contributed by atoms with Crippen LogP contribution in [-0.2, 0) is 6.42 Å². The molecule has 1 aliphatic heterocycles. The van der Waals surface area contributed by atoms with E-state index in [2.05, 4.69) is 45.4 Å². The first-order valence-electron chi connectivity index (χ1n) is 11.9. The number of hydrogen-bond acceptors (Lipinski definition) is 9. The van der Waals surface area contributed by atoms with Crippen LogP contribution in [0.1, 0.15) is 23.1 Å². The summed E-state index contributed by atoms with van der Waals surface area (Å²) >= 11 is 0. The summed E-state index contributed by atoms with van der Waals surface area (Å²) in [5, 5.41) is 6.04. The van der Waals surface area contributed by atoms with Gasteiger partial charge in [-0.15, -0.1) is 0 Å². The number of piperazine rings is 1. The van der Waals surface area contributed by atoms with Gasteiger partial charge in [-0.2, -0.15) is 15.0 Å². The second-order valence-corrected chi connectivity index (χ2v) is 8.27. The number of benzene rings is 1. The van der Waals surface area contributed by atoms with E-state index in [4.69, 9.17) is 0 Å². The molecule has 0 aliphatic carbocycles. The van der Waals surface area contributed by atoms with Crippen molar-refractivity contribution >= 4 is 35.1 Å². The van der Waals surface area contributed by atoms with Gasteiger partial charge in [-0.25, -0.2) is 9.97 Å². The SMILES string of the molecule is CCc1nc(Nc2cc(C(=O)Nc3ccccc3)ccn2)nc(N2CCN(c3ccccn3)CC2)n1. The summed E-state index contributed by atoms with van der Waals surface area (Å²) < 4.78 is 0. The minimum atomic E-state index is -0.219. The van der Waals surface area contributed by atoms with E-state index < -0.39 is 0 Å². The molecule has 2 N–H and O–H groups in total. The van der Waals surface area contributed by atoms with Crippen molar-refractivity contribution in [2.24, 2.45) is 0 Å². The third-order valence-electron chi connectivity index (χ3n) is 5.82. The van der Waals surface area contributed by atoms with Crippen LogP contribution in [0.3, 0.4) is 0 Å². The number of nitrogens with one attached hydrogen (secondary N) is 2. The van der Waals surface area contributed by atoms with Crippen LogP contribution in [0.15, 0.2) is 73.1 Å². The highest BCUT2D eigenvalue weighted by atomic mass is 16.1. The number of para-hydroxylation sites is 1. The first kappa shape index (κ1) is 23.2. The predicted octanol–water partition coefficient (Wildman–Crippen LogP) is 3.55. The van der Waals surface area contributed by atoms with Gasteiger partial charge in [0.15, 0.2) is 0 Å². The van der Waals surface area contributed by atoms with Crippen LogP contribution >= 0.6 is 0 Å². The zero-order chi connectivity index (χ0) is 24.7. The largest absolute Gasteiger partial charge is 0.353 e. The number of anilines is 5. The maximum atomic E-state index is 12.7. The average molecular weight is 482 g/mol. The third-order valence-corrected chi connectivity index (χ3v) is 5.82. The molecule has 0 spiro atoms. The van der Waals surface area contributed by atoms with Crippen molar-refractivity contribution in [1.82, 2.24) is 24.9 Å². The van der Waals surface area contributed by atoms with Gasteiger partial charge in [0.1, 0.15) is 17.5 Å². The molecule has 0 saturated carbocycles. The highest BCUT2D eigenvalue weighted by Gasteiger charge is 2.21. The Hall–Kier alpha value is -4.60. The van der Waals surface area contributed by atoms with E-state index in [-0.39, 0.29) is 5.91 Å². The fraction of sp³-hybridized carbons (Fsp3) is 0.231. The summed E-state index contributed by atoms with van der Waals surface area (Å²) in [5.74, 6) is 2.96. The lowest BCUT2D eigenvalue weighted by Crippen LogP contribution is -2.47. The lowest BCUT2D eigenvalue weighted by atomic mass is 10.2. The van der Waals surface area contributed by atoms with Crippen molar-refractivity contribution < 1.29 is 4.79 Å². The number of hydrogen-bond donors (Lipinski definition) is 2. The molecule has 1 aromatic carbocycles. The molecule has 182 valence electrons. The van der Waals surface area contributed by atoms with Crippen LogP contribution in [0.4, 0.5) is 29.2 Å². The van der Waals surface area contributed by atoms with Crippen LogP contribution in [0.2, 0.25) is 0 Å². The van der Waals surface area contributed by atoms with Crippen molar-refractivity contribution in [3.63, 3.8) is 0 Å². The highest BCUT2D eigenvalue weighted by molar-refractivity contribution is 6.04. The molecule has 10 heteroatoms. The summed E-state index contributed by atoms with van der Waals surface area (Å²) in [6, 6.07) is 18.6. The molecule has 1 amide bonds. The van der Waals surface area contributed by atoms with Crippen LogP contribution in [0.25, 0.3) is 0 Å². The molecule has 0 unspecified atom stereocenters. The molecule has 3 aromatic heterocycles. The van der Waals surface area contributed by atoms with Crippen LogP contribution in [-0.4, -0.2) is 57.0 Å². The van der Waals surface area contributed by atoms with Gasteiger partial charge in [-0.05, 0) is 36.4 Å². The first-order valence-corrected chi connectivity index (χ1v) is 11.9. The van der Waals surface area contributed by atoms with E-state index in [1.165, 1.54) is 0 Å². The number of rotatable bonds is 7. The molecule has 0 atom stereocenters. The van der Waals surface area contributed by atoms with Crippen LogP contribution in [0, 0.1) is 0 Å². The Morgan fingerprint density at radius 2 is 1.64 bits per heavy atom. The quantitative estimate of drug-likeness (QED) is 0.409. The zero-order valence-electron chi connectivity index (χ0n) is 20.0. The molecule has 10 nitrogen and oxygen atoms in total. The van der Waals surface area contributed by atoms with E-state index in [0.717, 1.165) is 37.7 Å². The molecule has 1 saturated heterocycles. The van der Waals surface area contributed by atoms with Gasteiger partial charge < -0.3 is 20.4 Å². The van der Waals surface area contributed by atoms with Gasteiger partial charge in [0, 0.05) is 56.2 Å². The Morgan fingerprint density at radius 3 is 2.39 bits per heavy atom. The van der Waals surface area contributed by atoms with Gasteiger partial charge in [0.05, 0.1) is 0 Å². The van der Waals surface area contributed by atoms with E-state index in [0.29, 0.717) is 35.5 Å². The number of aryl methyl sites for hydroxylation is 1. The van der Waals surface area contributed by atoms with Crippen molar-refractivity contribution in [1.29, 1.82) is 0 Å². The molecule has 36 heavy (non-hydrogen) atoms. The molecule has 5 rings (SSSR count). The molecular weight excluding hydrogens is 454 g/mol. The summed E-state index contributed by atoms with van der Waals surface area (Å²) in [4.78, 5) is 39.7. The molecule has 4 aromatic rings. The summed E-state index contributed by atoms with van der Waals surface area (Å²) in [6.45, 7) is 5.21. The minimum absolute atomic E-state index is 0.219. The fourth-order valence-corrected chi connectivity index (χ4v) is 3.92. The number of carbonyl (C=O) groups is 1. The molecule has 0 radical (unpaired) electrons. The second kappa shape index (κ2) is 10.8. The van der Waals surface area contributed by atoms with Gasteiger partial charge in [-0.1, -0.05) is 31.2 Å². The number of nitrogens with zero attached hydrogens (tertiary/aromatic N) is 7. The molecular formula is C26H27N9O.